The van der Waals surface area contributed by atoms with Crippen LogP contribution in [0.15, 0.2) is 18.2 Å². The molecule has 0 bridgehead atoms. The number of nitrogens with zero attached hydrogens (tertiary/aromatic N) is 6. The lowest BCUT2D eigenvalue weighted by molar-refractivity contribution is -0.148. The first kappa shape index (κ1) is 32.7. The van der Waals surface area contributed by atoms with Crippen LogP contribution in [0.25, 0.3) is 32.1 Å². The van der Waals surface area contributed by atoms with Crippen LogP contribution >= 0.6 is 22.9 Å². The van der Waals surface area contributed by atoms with Crippen LogP contribution in [-0.4, -0.2) is 91.3 Å². The van der Waals surface area contributed by atoms with Gasteiger partial charge in [-0.15, -0.1) is 11.3 Å². The lowest BCUT2D eigenvalue weighted by Crippen LogP contribution is -2.65. The van der Waals surface area contributed by atoms with Crippen molar-refractivity contribution in [3.8, 4) is 23.2 Å². The number of nitrogen functional groups attached to an aromatic ring is 1. The number of methoxy groups -OCH3 is 1. The van der Waals surface area contributed by atoms with Crippen molar-refractivity contribution in [2.75, 3.05) is 64.1 Å². The van der Waals surface area contributed by atoms with Crippen molar-refractivity contribution in [1.29, 1.82) is 5.26 Å². The highest BCUT2D eigenvalue weighted by Gasteiger charge is 2.48. The Labute approximate surface area is 286 Å². The minimum absolute atomic E-state index is 0.00527. The average Bonchev–Trinajstić information content (AvgIpc) is 3.63. The molecule has 1 spiro atoms. The molecule has 7 rings (SSSR count). The van der Waals surface area contributed by atoms with Gasteiger partial charge in [-0.1, -0.05) is 17.7 Å². The summed E-state index contributed by atoms with van der Waals surface area (Å²) in [5.74, 6) is -0.841. The van der Waals surface area contributed by atoms with Gasteiger partial charge in [-0.3, -0.25) is 9.69 Å². The Morgan fingerprint density at radius 1 is 1.25 bits per heavy atom. The molecule has 3 aliphatic rings. The van der Waals surface area contributed by atoms with Crippen LogP contribution in [-0.2, 0) is 9.53 Å². The Kier molecular flexibility index (Phi) is 8.56. The molecular formula is C34H36ClF2N7O3S. The molecule has 0 saturated carbocycles. The van der Waals surface area contributed by atoms with Gasteiger partial charge < -0.3 is 25.0 Å². The smallest absolute Gasteiger partial charge is 0.319 e. The van der Waals surface area contributed by atoms with Gasteiger partial charge in [0.15, 0.2) is 5.82 Å². The molecule has 1 unspecified atom stereocenters. The summed E-state index contributed by atoms with van der Waals surface area (Å²) in [6.07, 6.45) is 3.56. The van der Waals surface area contributed by atoms with Gasteiger partial charge >= 0.3 is 6.01 Å². The number of hydrogen-bond donors (Lipinski definition) is 1. The van der Waals surface area contributed by atoms with Crippen LogP contribution in [0.1, 0.15) is 38.2 Å². The first-order valence-corrected chi connectivity index (χ1v) is 17.2. The van der Waals surface area contributed by atoms with Crippen LogP contribution in [0, 0.1) is 28.4 Å². The summed E-state index contributed by atoms with van der Waals surface area (Å²) in [7, 11) is 3.56. The van der Waals surface area contributed by atoms with Gasteiger partial charge in [0.25, 0.3) is 0 Å². The molecule has 10 nitrogen and oxygen atoms in total. The van der Waals surface area contributed by atoms with Crippen LogP contribution in [0.4, 0.5) is 19.6 Å². The molecule has 4 aromatic rings. The molecule has 2 N–H and O–H groups in total. The SMILES string of the molecule is COCC(=O)N1CC2(CCCN(c3nc(OC(C)[C@@H]4CCCN4C)nc4c(F)c(-c5ccc(F)c6sc(N)c(C#N)c56)c(Cl)cc34)C2)C1. The van der Waals surface area contributed by atoms with Crippen LogP contribution in [0.3, 0.4) is 0 Å². The summed E-state index contributed by atoms with van der Waals surface area (Å²) in [6, 6.07) is 6.52. The monoisotopic (exact) mass is 695 g/mol. The highest BCUT2D eigenvalue weighted by Crippen LogP contribution is 2.47. The number of carbonyl (C=O) groups excluding carboxylic acids is 1. The highest BCUT2D eigenvalue weighted by atomic mass is 35.5. The maximum atomic E-state index is 17.0. The number of halogens is 3. The molecule has 1 amide bonds. The maximum absolute atomic E-state index is 17.0. The number of benzene rings is 2. The first-order valence-electron chi connectivity index (χ1n) is 16.0. The minimum atomic E-state index is -0.732. The van der Waals surface area contributed by atoms with Crippen molar-refractivity contribution in [3.05, 3.63) is 40.4 Å². The number of likely N-dealkylation sites (N-methyl/N-ethyl adjacent to an activating group) is 1. The number of thiophene rings is 1. The number of nitrogens with two attached hydrogens (primary N) is 1. The van der Waals surface area contributed by atoms with Gasteiger partial charge in [0.05, 0.1) is 15.3 Å². The summed E-state index contributed by atoms with van der Waals surface area (Å²) in [5.41, 5.74) is 6.26. The Morgan fingerprint density at radius 3 is 2.75 bits per heavy atom. The molecule has 2 aromatic heterocycles. The molecule has 3 fully saturated rings. The number of ether oxygens (including phenoxy) is 2. The van der Waals surface area contributed by atoms with Gasteiger partial charge in [-0.2, -0.15) is 15.2 Å². The fourth-order valence-electron chi connectivity index (χ4n) is 7.78. The van der Waals surface area contributed by atoms with E-state index in [-0.39, 0.29) is 78.4 Å². The van der Waals surface area contributed by atoms with Gasteiger partial charge in [-0.05, 0) is 63.9 Å². The van der Waals surface area contributed by atoms with E-state index in [1.54, 1.807) is 11.0 Å². The number of anilines is 2. The zero-order chi connectivity index (χ0) is 33.9. The lowest BCUT2D eigenvalue weighted by Gasteiger charge is -2.54. The van der Waals surface area contributed by atoms with Crippen molar-refractivity contribution in [3.63, 3.8) is 0 Å². The Morgan fingerprint density at radius 2 is 2.04 bits per heavy atom. The van der Waals surface area contributed by atoms with Gasteiger partial charge in [0.2, 0.25) is 5.91 Å². The molecule has 5 heterocycles. The van der Waals surface area contributed by atoms with E-state index in [1.165, 1.54) is 19.2 Å². The number of likely N-dealkylation sites (tertiary alicyclic amines) is 2. The molecule has 14 heteroatoms. The van der Waals surface area contributed by atoms with Crippen molar-refractivity contribution < 1.29 is 23.0 Å². The standard InChI is InChI=1S/C34H36ClF2N7O3S/c1-18(24-6-4-10-42(24)2)47-33-40-29-20(32(41-33)43-11-5-9-34(15-43)16-44(17-34)25(45)14-46-3)12-22(35)27(28(29)37)19-7-8-23(36)30-26(19)21(13-38)31(39)48-30/h7-8,12,18,24H,4-6,9-11,14-17,39H2,1-3H3/t18?,24-/m0/s1. The second-order valence-corrected chi connectivity index (χ2v) is 14.7. The summed E-state index contributed by atoms with van der Waals surface area (Å²) >= 11 is 7.83. The Hall–Kier alpha value is -3.83. The number of piperidine rings is 1. The average molecular weight is 696 g/mol. The molecule has 252 valence electrons. The molecular weight excluding hydrogens is 660 g/mol. The number of amides is 1. The van der Waals surface area contributed by atoms with E-state index in [4.69, 9.17) is 31.8 Å². The fourth-order valence-corrected chi connectivity index (χ4v) is 9.03. The predicted octanol–water partition coefficient (Wildman–Crippen LogP) is 5.83. The van der Waals surface area contributed by atoms with Crippen LogP contribution in [0.2, 0.25) is 5.02 Å². The lowest BCUT2D eigenvalue weighted by atomic mass is 9.73. The number of rotatable bonds is 7. The molecule has 0 radical (unpaired) electrons. The van der Waals surface area contributed by atoms with E-state index in [1.807, 2.05) is 13.0 Å². The normalized spacial score (nSPS) is 20.0. The third-order valence-electron chi connectivity index (χ3n) is 10.1. The number of hydrogen-bond acceptors (Lipinski definition) is 10. The molecule has 3 saturated heterocycles. The van der Waals surface area contributed by atoms with Gasteiger partial charge in [-0.25, -0.2) is 8.78 Å². The van der Waals surface area contributed by atoms with E-state index in [2.05, 4.69) is 21.8 Å². The van der Waals surface area contributed by atoms with Crippen LogP contribution in [0.5, 0.6) is 6.01 Å². The summed E-state index contributed by atoms with van der Waals surface area (Å²) in [6.45, 7) is 5.46. The second-order valence-electron chi connectivity index (χ2n) is 13.2. The quantitative estimate of drug-likeness (QED) is 0.255. The summed E-state index contributed by atoms with van der Waals surface area (Å²) < 4.78 is 43.5. The van der Waals surface area contributed by atoms with Crippen molar-refractivity contribution in [2.45, 2.75) is 44.8 Å². The molecule has 48 heavy (non-hydrogen) atoms. The topological polar surface area (TPSA) is 121 Å². The third-order valence-corrected chi connectivity index (χ3v) is 11.4. The number of nitriles is 1. The predicted molar refractivity (Wildman–Crippen MR) is 182 cm³/mol. The number of carbonyl (C=O) groups is 1. The third kappa shape index (κ3) is 5.48. The number of fused-ring (bicyclic) bond motifs is 2. The molecule has 2 aromatic carbocycles. The zero-order valence-corrected chi connectivity index (χ0v) is 28.6. The van der Waals surface area contributed by atoms with Crippen molar-refractivity contribution >= 4 is 60.7 Å². The second kappa shape index (κ2) is 12.6. The Bertz CT molecular complexity index is 1980. The van der Waals surface area contributed by atoms with E-state index in [0.29, 0.717) is 37.4 Å². The summed E-state index contributed by atoms with van der Waals surface area (Å²) in [4.78, 5) is 28.1. The van der Waals surface area contributed by atoms with E-state index < -0.39 is 11.6 Å². The van der Waals surface area contributed by atoms with E-state index >= 15 is 4.39 Å². The van der Waals surface area contributed by atoms with Gasteiger partial charge in [0, 0.05) is 61.1 Å². The maximum Gasteiger partial charge on any atom is 0.319 e. The van der Waals surface area contributed by atoms with E-state index in [9.17, 15) is 14.4 Å². The molecule has 2 atom stereocenters. The highest BCUT2D eigenvalue weighted by molar-refractivity contribution is 7.23. The van der Waals surface area contributed by atoms with Crippen molar-refractivity contribution in [1.82, 2.24) is 19.8 Å². The minimum Gasteiger partial charge on any atom is -0.459 e. The zero-order valence-electron chi connectivity index (χ0n) is 27.0. The molecule has 0 aliphatic carbocycles. The van der Waals surface area contributed by atoms with Gasteiger partial charge in [0.1, 0.15) is 40.9 Å². The first-order chi connectivity index (χ1) is 23.0. The van der Waals surface area contributed by atoms with E-state index in [0.717, 1.165) is 43.6 Å². The largest absolute Gasteiger partial charge is 0.459 e. The summed E-state index contributed by atoms with van der Waals surface area (Å²) in [5, 5.41) is 10.7. The fraction of sp³-hybridized carbons (Fsp3) is 0.471. The Balaban J connectivity index is 1.35. The van der Waals surface area contributed by atoms with Crippen LogP contribution < -0.4 is 15.4 Å². The van der Waals surface area contributed by atoms with Crippen molar-refractivity contribution in [2.24, 2.45) is 5.41 Å². The number of aromatic nitrogens is 2. The molecule has 3 aliphatic heterocycles.